The Labute approximate surface area is 185 Å². The van der Waals surface area contributed by atoms with Gasteiger partial charge in [-0.3, -0.25) is 20.4 Å². The van der Waals surface area contributed by atoms with E-state index in [-0.39, 0.29) is 13.2 Å². The van der Waals surface area contributed by atoms with Gasteiger partial charge in [-0.15, -0.1) is 0 Å². The molecule has 3 aromatic rings. The van der Waals surface area contributed by atoms with Crippen molar-refractivity contribution in [2.24, 2.45) is 0 Å². The van der Waals surface area contributed by atoms with Crippen LogP contribution in [0.4, 0.5) is 0 Å². The van der Waals surface area contributed by atoms with Crippen LogP contribution in [0.15, 0.2) is 66.7 Å². The third kappa shape index (κ3) is 6.73. The summed E-state index contributed by atoms with van der Waals surface area (Å²) in [5, 5.41) is 2.07. The van der Waals surface area contributed by atoms with Gasteiger partial charge in [-0.2, -0.15) is 0 Å². The molecule has 8 heteroatoms. The molecule has 32 heavy (non-hydrogen) atoms. The van der Waals surface area contributed by atoms with Crippen molar-refractivity contribution in [3.05, 3.63) is 72.3 Å². The van der Waals surface area contributed by atoms with E-state index in [1.165, 1.54) is 0 Å². The molecule has 0 fully saturated rings. The number of nitrogens with one attached hydrogen (secondary N) is 2. The monoisotopic (exact) mass is 436 g/mol. The summed E-state index contributed by atoms with van der Waals surface area (Å²) in [6, 6.07) is 19.6. The van der Waals surface area contributed by atoms with Crippen LogP contribution in [0.3, 0.4) is 0 Å². The molecule has 2 N–H and O–H groups in total. The van der Waals surface area contributed by atoms with E-state index in [0.29, 0.717) is 23.7 Å². The number of hydrogen-bond donors (Lipinski definition) is 2. The molecule has 0 aliphatic heterocycles. The SMILES string of the molecule is CCCOC(=O)c1ccc(OCC(=O)NNC(=O)COc2ccc3ccccc3c2)cc1. The summed E-state index contributed by atoms with van der Waals surface area (Å²) in [5.41, 5.74) is 4.92. The van der Waals surface area contributed by atoms with Crippen LogP contribution in [0, 0.1) is 0 Å². The first-order chi connectivity index (χ1) is 15.5. The minimum atomic E-state index is -0.546. The summed E-state index contributed by atoms with van der Waals surface area (Å²) in [4.78, 5) is 35.5. The van der Waals surface area contributed by atoms with Gasteiger partial charge in [0, 0.05) is 0 Å². The predicted octanol–water partition coefficient (Wildman–Crippen LogP) is 3.01. The van der Waals surface area contributed by atoms with Crippen molar-refractivity contribution in [1.82, 2.24) is 10.9 Å². The van der Waals surface area contributed by atoms with Gasteiger partial charge in [-0.05, 0) is 53.6 Å². The van der Waals surface area contributed by atoms with Crippen LogP contribution in [0.2, 0.25) is 0 Å². The van der Waals surface area contributed by atoms with Crippen molar-refractivity contribution >= 4 is 28.6 Å². The second-order valence-electron chi connectivity index (χ2n) is 6.84. The molecule has 3 aromatic carbocycles. The highest BCUT2D eigenvalue weighted by atomic mass is 16.5. The molecule has 166 valence electrons. The lowest BCUT2D eigenvalue weighted by atomic mass is 10.1. The summed E-state index contributed by atoms with van der Waals surface area (Å²) >= 11 is 0. The highest BCUT2D eigenvalue weighted by Crippen LogP contribution is 2.20. The summed E-state index contributed by atoms with van der Waals surface area (Å²) in [6.07, 6.45) is 0.744. The normalized spacial score (nSPS) is 10.3. The third-order valence-electron chi connectivity index (χ3n) is 4.33. The largest absolute Gasteiger partial charge is 0.484 e. The number of ether oxygens (including phenoxy) is 3. The number of hydrogen-bond acceptors (Lipinski definition) is 6. The van der Waals surface area contributed by atoms with Crippen molar-refractivity contribution < 1.29 is 28.6 Å². The van der Waals surface area contributed by atoms with Crippen LogP contribution < -0.4 is 20.3 Å². The lowest BCUT2D eigenvalue weighted by molar-refractivity contribution is -0.131. The highest BCUT2D eigenvalue weighted by molar-refractivity contribution is 5.89. The van der Waals surface area contributed by atoms with Gasteiger partial charge in [-0.1, -0.05) is 37.3 Å². The highest BCUT2D eigenvalue weighted by Gasteiger charge is 2.09. The Bertz CT molecular complexity index is 1080. The first kappa shape index (κ1) is 22.6. The van der Waals surface area contributed by atoms with Gasteiger partial charge in [-0.25, -0.2) is 4.79 Å². The Morgan fingerprint density at radius 3 is 2.00 bits per heavy atom. The minimum Gasteiger partial charge on any atom is -0.484 e. The van der Waals surface area contributed by atoms with Crippen LogP contribution in [0.5, 0.6) is 11.5 Å². The van der Waals surface area contributed by atoms with E-state index < -0.39 is 17.8 Å². The lowest BCUT2D eigenvalue weighted by Gasteiger charge is -2.10. The zero-order valence-electron chi connectivity index (χ0n) is 17.6. The van der Waals surface area contributed by atoms with E-state index in [4.69, 9.17) is 14.2 Å². The number of carbonyl (C=O) groups excluding carboxylic acids is 3. The van der Waals surface area contributed by atoms with Crippen molar-refractivity contribution in [3.63, 3.8) is 0 Å². The maximum atomic E-state index is 11.9. The Balaban J connectivity index is 1.36. The standard InChI is InChI=1S/C24H24N2O6/c1-2-13-30-24(29)18-8-10-20(11-9-18)31-15-22(27)25-26-23(28)16-32-21-12-7-17-5-3-4-6-19(17)14-21/h3-12,14H,2,13,15-16H2,1H3,(H,25,27)(H,26,28). The van der Waals surface area contributed by atoms with E-state index in [1.54, 1.807) is 30.3 Å². The van der Waals surface area contributed by atoms with Gasteiger partial charge in [0.25, 0.3) is 11.8 Å². The van der Waals surface area contributed by atoms with E-state index in [1.807, 2.05) is 43.3 Å². The average molecular weight is 436 g/mol. The van der Waals surface area contributed by atoms with Crippen molar-refractivity contribution in [2.45, 2.75) is 13.3 Å². The number of hydrazine groups is 1. The third-order valence-corrected chi connectivity index (χ3v) is 4.33. The van der Waals surface area contributed by atoms with Crippen molar-refractivity contribution in [3.8, 4) is 11.5 Å². The second-order valence-corrected chi connectivity index (χ2v) is 6.84. The first-order valence-electron chi connectivity index (χ1n) is 10.1. The number of carbonyl (C=O) groups is 3. The molecule has 0 saturated carbocycles. The summed E-state index contributed by atoms with van der Waals surface area (Å²) in [6.45, 7) is 1.70. The molecule has 0 bridgehead atoms. The molecule has 0 unspecified atom stereocenters. The second kappa shape index (κ2) is 11.4. The van der Waals surface area contributed by atoms with Gasteiger partial charge >= 0.3 is 5.97 Å². The number of benzene rings is 3. The van der Waals surface area contributed by atoms with Gasteiger partial charge in [0.15, 0.2) is 13.2 Å². The fourth-order valence-corrected chi connectivity index (χ4v) is 2.73. The molecule has 0 atom stereocenters. The average Bonchev–Trinajstić information content (AvgIpc) is 2.83. The zero-order chi connectivity index (χ0) is 22.8. The van der Waals surface area contributed by atoms with E-state index in [9.17, 15) is 14.4 Å². The maximum Gasteiger partial charge on any atom is 0.338 e. The van der Waals surface area contributed by atoms with E-state index in [0.717, 1.165) is 17.2 Å². The molecule has 0 saturated heterocycles. The van der Waals surface area contributed by atoms with Crippen LogP contribution >= 0.6 is 0 Å². The van der Waals surface area contributed by atoms with Crippen LogP contribution in [0.1, 0.15) is 23.7 Å². The molecule has 0 heterocycles. The molecule has 0 radical (unpaired) electrons. The Hall–Kier alpha value is -4.07. The zero-order valence-corrected chi connectivity index (χ0v) is 17.6. The number of esters is 1. The van der Waals surface area contributed by atoms with Gasteiger partial charge in [0.05, 0.1) is 12.2 Å². The molecular weight excluding hydrogens is 412 g/mol. The van der Waals surface area contributed by atoms with Gasteiger partial charge in [0.2, 0.25) is 0 Å². The Kier molecular flexibility index (Phi) is 8.02. The minimum absolute atomic E-state index is 0.255. The maximum absolute atomic E-state index is 11.9. The van der Waals surface area contributed by atoms with Gasteiger partial charge < -0.3 is 14.2 Å². The molecule has 2 amide bonds. The van der Waals surface area contributed by atoms with Crippen molar-refractivity contribution in [2.75, 3.05) is 19.8 Å². The van der Waals surface area contributed by atoms with E-state index in [2.05, 4.69) is 10.9 Å². The predicted molar refractivity (Wildman–Crippen MR) is 118 cm³/mol. The van der Waals surface area contributed by atoms with E-state index >= 15 is 0 Å². The molecule has 0 aliphatic carbocycles. The fourth-order valence-electron chi connectivity index (χ4n) is 2.73. The summed E-state index contributed by atoms with van der Waals surface area (Å²) in [5.74, 6) is -0.518. The number of rotatable bonds is 9. The van der Waals surface area contributed by atoms with Crippen LogP contribution in [-0.4, -0.2) is 37.6 Å². The lowest BCUT2D eigenvalue weighted by Crippen LogP contribution is -2.45. The Morgan fingerprint density at radius 1 is 0.750 bits per heavy atom. The smallest absolute Gasteiger partial charge is 0.338 e. The molecular formula is C24H24N2O6. The summed E-state index contributed by atoms with van der Waals surface area (Å²) < 4.78 is 15.8. The molecule has 8 nitrogen and oxygen atoms in total. The number of amides is 2. The molecule has 0 aromatic heterocycles. The topological polar surface area (TPSA) is 103 Å². The Morgan fingerprint density at radius 2 is 1.34 bits per heavy atom. The fraction of sp³-hybridized carbons (Fsp3) is 0.208. The molecule has 3 rings (SSSR count). The quantitative estimate of drug-likeness (QED) is 0.395. The van der Waals surface area contributed by atoms with Crippen molar-refractivity contribution in [1.29, 1.82) is 0 Å². The molecule has 0 spiro atoms. The van der Waals surface area contributed by atoms with Crippen LogP contribution in [0.25, 0.3) is 10.8 Å². The molecule has 0 aliphatic rings. The van der Waals surface area contributed by atoms with Crippen LogP contribution in [-0.2, 0) is 14.3 Å². The number of fused-ring (bicyclic) bond motifs is 1. The summed E-state index contributed by atoms with van der Waals surface area (Å²) in [7, 11) is 0. The van der Waals surface area contributed by atoms with Gasteiger partial charge in [0.1, 0.15) is 11.5 Å². The first-order valence-corrected chi connectivity index (χ1v) is 10.1.